The van der Waals surface area contributed by atoms with Crippen molar-refractivity contribution in [1.82, 2.24) is 10.6 Å². The van der Waals surface area contributed by atoms with Crippen LogP contribution in [0, 0.1) is 13.8 Å². The third kappa shape index (κ3) is 7.21. The summed E-state index contributed by atoms with van der Waals surface area (Å²) in [6.45, 7) is 4.39. The van der Waals surface area contributed by atoms with Crippen LogP contribution >= 0.6 is 0 Å². The first kappa shape index (κ1) is 23.5. The van der Waals surface area contributed by atoms with Gasteiger partial charge in [-0.2, -0.15) is 0 Å². The van der Waals surface area contributed by atoms with E-state index in [1.165, 1.54) is 0 Å². The molecule has 3 aromatic rings. The Morgan fingerprint density at radius 2 is 1.36 bits per heavy atom. The van der Waals surface area contributed by atoms with Crippen LogP contribution in [0.2, 0.25) is 0 Å². The van der Waals surface area contributed by atoms with Crippen LogP contribution in [-0.4, -0.2) is 37.4 Å². The molecule has 0 heterocycles. The molecular formula is C26H27N3O4. The van der Waals surface area contributed by atoms with Gasteiger partial charge in [0.15, 0.2) is 6.61 Å². The Balaban J connectivity index is 1.40. The van der Waals surface area contributed by atoms with Gasteiger partial charge in [-0.25, -0.2) is 0 Å². The summed E-state index contributed by atoms with van der Waals surface area (Å²) >= 11 is 0. The van der Waals surface area contributed by atoms with E-state index in [4.69, 9.17) is 4.74 Å². The second kappa shape index (κ2) is 11.5. The highest BCUT2D eigenvalue weighted by Gasteiger charge is 2.09. The Morgan fingerprint density at radius 3 is 2.00 bits per heavy atom. The molecule has 0 saturated heterocycles. The summed E-state index contributed by atoms with van der Waals surface area (Å²) in [5.74, 6) is -0.0639. The summed E-state index contributed by atoms with van der Waals surface area (Å²) in [6, 6.07) is 21.3. The molecular weight excluding hydrogens is 418 g/mol. The highest BCUT2D eigenvalue weighted by atomic mass is 16.5. The van der Waals surface area contributed by atoms with E-state index in [2.05, 4.69) is 16.0 Å². The Morgan fingerprint density at radius 1 is 0.758 bits per heavy atom. The zero-order valence-electron chi connectivity index (χ0n) is 18.7. The van der Waals surface area contributed by atoms with Crippen molar-refractivity contribution in [2.24, 2.45) is 0 Å². The molecule has 170 valence electrons. The van der Waals surface area contributed by atoms with Crippen molar-refractivity contribution >= 4 is 23.4 Å². The van der Waals surface area contributed by atoms with E-state index in [0.29, 0.717) is 35.7 Å². The van der Waals surface area contributed by atoms with E-state index >= 15 is 0 Å². The Kier molecular flexibility index (Phi) is 8.18. The van der Waals surface area contributed by atoms with Crippen LogP contribution in [0.5, 0.6) is 5.75 Å². The molecule has 0 unspecified atom stereocenters. The minimum Gasteiger partial charge on any atom is -0.483 e. The normalized spacial score (nSPS) is 10.2. The standard InChI is InChI=1S/C26H27N3O4/c1-18-8-9-19(2)23(16-18)33-17-24(30)29-22-12-10-21(11-13-22)26(32)28-15-14-27-25(31)20-6-4-3-5-7-20/h3-13,16H,14-15,17H2,1-2H3,(H,27,31)(H,28,32)(H,29,30). The van der Waals surface area contributed by atoms with Crippen LogP contribution in [0.1, 0.15) is 31.8 Å². The van der Waals surface area contributed by atoms with Gasteiger partial charge in [0.05, 0.1) is 0 Å². The second-order valence-electron chi connectivity index (χ2n) is 7.56. The zero-order chi connectivity index (χ0) is 23.6. The summed E-state index contributed by atoms with van der Waals surface area (Å²) in [6.07, 6.45) is 0. The van der Waals surface area contributed by atoms with Crippen LogP contribution < -0.4 is 20.7 Å². The molecule has 3 N–H and O–H groups in total. The highest BCUT2D eigenvalue weighted by Crippen LogP contribution is 2.19. The van der Waals surface area contributed by atoms with Gasteiger partial charge in [-0.15, -0.1) is 0 Å². The monoisotopic (exact) mass is 445 g/mol. The molecule has 3 amide bonds. The molecule has 7 nitrogen and oxygen atoms in total. The maximum absolute atomic E-state index is 12.3. The van der Waals surface area contributed by atoms with Gasteiger partial charge in [0.1, 0.15) is 5.75 Å². The molecule has 0 saturated carbocycles. The van der Waals surface area contributed by atoms with Crippen LogP contribution in [0.25, 0.3) is 0 Å². The number of benzene rings is 3. The number of aryl methyl sites for hydroxylation is 2. The first-order valence-corrected chi connectivity index (χ1v) is 10.6. The topological polar surface area (TPSA) is 96.5 Å². The zero-order valence-corrected chi connectivity index (χ0v) is 18.7. The summed E-state index contributed by atoms with van der Waals surface area (Å²) in [5, 5.41) is 8.26. The number of carbonyl (C=O) groups excluding carboxylic acids is 3. The number of rotatable bonds is 9. The van der Waals surface area contributed by atoms with Crippen LogP contribution in [0.15, 0.2) is 72.8 Å². The third-order valence-corrected chi connectivity index (χ3v) is 4.87. The first-order valence-electron chi connectivity index (χ1n) is 10.6. The van der Waals surface area contributed by atoms with E-state index in [1.807, 2.05) is 38.1 Å². The van der Waals surface area contributed by atoms with Crippen molar-refractivity contribution in [3.8, 4) is 5.75 Å². The predicted molar refractivity (Wildman–Crippen MR) is 128 cm³/mol. The summed E-state index contributed by atoms with van der Waals surface area (Å²) in [5.41, 5.74) is 3.61. The predicted octanol–water partition coefficient (Wildman–Crippen LogP) is 3.48. The van der Waals surface area contributed by atoms with Crippen LogP contribution in [0.3, 0.4) is 0 Å². The number of nitrogens with one attached hydrogen (secondary N) is 3. The molecule has 0 aliphatic carbocycles. The van der Waals surface area contributed by atoms with Crippen molar-refractivity contribution < 1.29 is 19.1 Å². The van der Waals surface area contributed by atoms with Gasteiger partial charge in [-0.05, 0) is 67.4 Å². The third-order valence-electron chi connectivity index (χ3n) is 4.87. The molecule has 0 aliphatic rings. The number of amides is 3. The lowest BCUT2D eigenvalue weighted by Gasteiger charge is -2.11. The fraction of sp³-hybridized carbons (Fsp3) is 0.192. The van der Waals surface area contributed by atoms with Crippen molar-refractivity contribution in [2.45, 2.75) is 13.8 Å². The maximum Gasteiger partial charge on any atom is 0.262 e. The van der Waals surface area contributed by atoms with Crippen LogP contribution in [-0.2, 0) is 4.79 Å². The lowest BCUT2D eigenvalue weighted by atomic mass is 10.1. The quantitative estimate of drug-likeness (QED) is 0.440. The molecule has 0 spiro atoms. The average Bonchev–Trinajstić information content (AvgIpc) is 2.83. The van der Waals surface area contributed by atoms with Gasteiger partial charge >= 0.3 is 0 Å². The van der Waals surface area contributed by atoms with Gasteiger partial charge in [0, 0.05) is 29.9 Å². The van der Waals surface area contributed by atoms with Crippen molar-refractivity contribution in [3.63, 3.8) is 0 Å². The van der Waals surface area contributed by atoms with Gasteiger partial charge < -0.3 is 20.7 Å². The maximum atomic E-state index is 12.3. The summed E-state index contributed by atoms with van der Waals surface area (Å²) in [4.78, 5) is 36.4. The van der Waals surface area contributed by atoms with Gasteiger partial charge in [-0.1, -0.05) is 30.3 Å². The fourth-order valence-corrected chi connectivity index (χ4v) is 3.05. The van der Waals surface area contributed by atoms with Crippen molar-refractivity contribution in [2.75, 3.05) is 25.0 Å². The summed E-state index contributed by atoms with van der Waals surface area (Å²) in [7, 11) is 0. The lowest BCUT2D eigenvalue weighted by Crippen LogP contribution is -2.34. The average molecular weight is 446 g/mol. The molecule has 0 aliphatic heterocycles. The molecule has 0 fully saturated rings. The Labute approximate surface area is 193 Å². The number of carbonyl (C=O) groups is 3. The molecule has 0 aromatic heterocycles. The molecule has 7 heteroatoms. The van der Waals surface area contributed by atoms with E-state index in [0.717, 1.165) is 11.1 Å². The number of hydrogen-bond acceptors (Lipinski definition) is 4. The Bertz CT molecular complexity index is 1110. The van der Waals surface area contributed by atoms with Crippen molar-refractivity contribution in [3.05, 3.63) is 95.1 Å². The van der Waals surface area contributed by atoms with Crippen LogP contribution in [0.4, 0.5) is 5.69 Å². The first-order chi connectivity index (χ1) is 15.9. The van der Waals surface area contributed by atoms with E-state index in [9.17, 15) is 14.4 Å². The van der Waals surface area contributed by atoms with Gasteiger partial charge in [-0.3, -0.25) is 14.4 Å². The summed E-state index contributed by atoms with van der Waals surface area (Å²) < 4.78 is 5.61. The molecule has 3 rings (SSSR count). The van der Waals surface area contributed by atoms with E-state index in [1.54, 1.807) is 48.5 Å². The molecule has 0 radical (unpaired) electrons. The van der Waals surface area contributed by atoms with E-state index in [-0.39, 0.29) is 24.3 Å². The SMILES string of the molecule is Cc1ccc(C)c(OCC(=O)Nc2ccc(C(=O)NCCNC(=O)c3ccccc3)cc2)c1. The number of ether oxygens (including phenoxy) is 1. The minimum atomic E-state index is -0.290. The lowest BCUT2D eigenvalue weighted by molar-refractivity contribution is -0.118. The number of hydrogen-bond donors (Lipinski definition) is 3. The minimum absolute atomic E-state index is 0.110. The van der Waals surface area contributed by atoms with E-state index < -0.39 is 0 Å². The highest BCUT2D eigenvalue weighted by molar-refractivity contribution is 5.96. The smallest absolute Gasteiger partial charge is 0.262 e. The molecule has 0 atom stereocenters. The Hall–Kier alpha value is -4.13. The molecule has 33 heavy (non-hydrogen) atoms. The van der Waals surface area contributed by atoms with Gasteiger partial charge in [0.25, 0.3) is 17.7 Å². The van der Waals surface area contributed by atoms with Gasteiger partial charge in [0.2, 0.25) is 0 Å². The fourth-order valence-electron chi connectivity index (χ4n) is 3.05. The molecule has 0 bridgehead atoms. The van der Waals surface area contributed by atoms with Crippen molar-refractivity contribution in [1.29, 1.82) is 0 Å². The number of anilines is 1. The largest absolute Gasteiger partial charge is 0.483 e. The molecule has 3 aromatic carbocycles. The second-order valence-corrected chi connectivity index (χ2v) is 7.56.